The molecule has 1 atom stereocenters. The summed E-state index contributed by atoms with van der Waals surface area (Å²) in [6.45, 7) is 6.52. The third kappa shape index (κ3) is 5.37. The number of nitrogens with one attached hydrogen (secondary N) is 3. The molecular weight excluding hydrogens is 430 g/mol. The summed E-state index contributed by atoms with van der Waals surface area (Å²) in [7, 11) is 1.92. The van der Waals surface area contributed by atoms with Crippen molar-refractivity contribution >= 4 is 11.6 Å². The van der Waals surface area contributed by atoms with Gasteiger partial charge in [-0.25, -0.2) is 9.97 Å². The molecule has 0 saturated heterocycles. The maximum Gasteiger partial charge on any atom is 0.237 e. The SMILES string of the molecule is CCC(C)c1nc(C#N)nc(NCC2=C(c3ccc(OC4CCCCC4)c(C)n3)NNN2C)n1. The van der Waals surface area contributed by atoms with Crippen LogP contribution in [0.3, 0.4) is 0 Å². The second-order valence-corrected chi connectivity index (χ2v) is 8.89. The van der Waals surface area contributed by atoms with Gasteiger partial charge in [0, 0.05) is 13.0 Å². The van der Waals surface area contributed by atoms with E-state index in [-0.39, 0.29) is 17.8 Å². The minimum Gasteiger partial charge on any atom is -0.489 e. The maximum atomic E-state index is 9.32. The van der Waals surface area contributed by atoms with Crippen LogP contribution in [0.2, 0.25) is 0 Å². The Hall–Kier alpha value is -3.45. The summed E-state index contributed by atoms with van der Waals surface area (Å²) in [5.41, 5.74) is 9.80. The fourth-order valence-corrected chi connectivity index (χ4v) is 4.13. The molecule has 0 amide bonds. The summed E-state index contributed by atoms with van der Waals surface area (Å²) in [4.78, 5) is 17.8. The molecule has 1 aliphatic heterocycles. The van der Waals surface area contributed by atoms with E-state index in [2.05, 4.69) is 38.2 Å². The topological polar surface area (TPSA) is 124 Å². The Balaban J connectivity index is 1.52. The van der Waals surface area contributed by atoms with Gasteiger partial charge in [0.15, 0.2) is 0 Å². The van der Waals surface area contributed by atoms with Gasteiger partial charge in [-0.2, -0.15) is 15.2 Å². The van der Waals surface area contributed by atoms with E-state index in [0.29, 0.717) is 18.3 Å². The quantitative estimate of drug-likeness (QED) is 0.536. The molecular formula is C24H33N9O. The summed E-state index contributed by atoms with van der Waals surface area (Å²) in [6, 6.07) is 6.01. The number of hydrazine groups is 2. The van der Waals surface area contributed by atoms with Crippen molar-refractivity contribution in [3.8, 4) is 11.8 Å². The lowest BCUT2D eigenvalue weighted by molar-refractivity contribution is 0.153. The predicted molar refractivity (Wildman–Crippen MR) is 129 cm³/mol. The molecule has 0 aromatic carbocycles. The Morgan fingerprint density at radius 2 is 2.00 bits per heavy atom. The van der Waals surface area contributed by atoms with E-state index in [1.54, 1.807) is 0 Å². The Morgan fingerprint density at radius 3 is 2.71 bits per heavy atom. The highest BCUT2D eigenvalue weighted by atomic mass is 16.5. The first-order valence-corrected chi connectivity index (χ1v) is 12.0. The number of aryl methyl sites for hydroxylation is 1. The van der Waals surface area contributed by atoms with Gasteiger partial charge in [0.05, 0.1) is 35.4 Å². The number of pyridine rings is 1. The lowest BCUT2D eigenvalue weighted by Crippen LogP contribution is -2.35. The zero-order chi connectivity index (χ0) is 24.1. The fraction of sp³-hybridized carbons (Fsp3) is 0.542. The van der Waals surface area contributed by atoms with Crippen molar-refractivity contribution in [3.63, 3.8) is 0 Å². The molecule has 10 heteroatoms. The number of rotatable bonds is 8. The molecule has 1 aliphatic carbocycles. The molecule has 34 heavy (non-hydrogen) atoms. The largest absolute Gasteiger partial charge is 0.489 e. The van der Waals surface area contributed by atoms with Gasteiger partial charge in [0.25, 0.3) is 0 Å². The number of anilines is 1. The number of likely N-dealkylation sites (N-methyl/N-ethyl adjacent to an activating group) is 1. The van der Waals surface area contributed by atoms with Crippen LogP contribution in [0, 0.1) is 18.3 Å². The van der Waals surface area contributed by atoms with E-state index >= 15 is 0 Å². The third-order valence-electron chi connectivity index (χ3n) is 6.40. The molecule has 2 aromatic rings. The van der Waals surface area contributed by atoms with E-state index in [1.165, 1.54) is 19.3 Å². The van der Waals surface area contributed by atoms with Crippen molar-refractivity contribution < 1.29 is 4.74 Å². The number of hydrogen-bond donors (Lipinski definition) is 3. The van der Waals surface area contributed by atoms with E-state index in [9.17, 15) is 5.26 Å². The molecule has 10 nitrogen and oxygen atoms in total. The highest BCUT2D eigenvalue weighted by Gasteiger charge is 2.23. The smallest absolute Gasteiger partial charge is 0.237 e. The molecule has 2 aliphatic rings. The van der Waals surface area contributed by atoms with Crippen molar-refractivity contribution in [2.24, 2.45) is 0 Å². The summed E-state index contributed by atoms with van der Waals surface area (Å²) >= 11 is 0. The van der Waals surface area contributed by atoms with Crippen LogP contribution < -0.4 is 21.0 Å². The lowest BCUT2D eigenvalue weighted by atomic mass is 9.98. The lowest BCUT2D eigenvalue weighted by Gasteiger charge is -2.23. The number of nitrogens with zero attached hydrogens (tertiary/aromatic N) is 6. The van der Waals surface area contributed by atoms with Gasteiger partial charge in [-0.05, 0) is 51.2 Å². The molecule has 2 aromatic heterocycles. The van der Waals surface area contributed by atoms with Gasteiger partial charge < -0.3 is 10.1 Å². The molecule has 1 saturated carbocycles. The van der Waals surface area contributed by atoms with Crippen LogP contribution in [0.5, 0.6) is 5.75 Å². The predicted octanol–water partition coefficient (Wildman–Crippen LogP) is 3.41. The minimum absolute atomic E-state index is 0.115. The van der Waals surface area contributed by atoms with E-state index in [1.807, 2.05) is 44.1 Å². The summed E-state index contributed by atoms with van der Waals surface area (Å²) in [6.07, 6.45) is 7.16. The summed E-state index contributed by atoms with van der Waals surface area (Å²) in [5.74, 6) is 2.11. The molecule has 1 unspecified atom stereocenters. The van der Waals surface area contributed by atoms with Gasteiger partial charge in [0.1, 0.15) is 17.6 Å². The Bertz CT molecular complexity index is 1090. The molecule has 0 bridgehead atoms. The zero-order valence-electron chi connectivity index (χ0n) is 20.4. The average Bonchev–Trinajstić information content (AvgIpc) is 3.24. The third-order valence-corrected chi connectivity index (χ3v) is 6.40. The minimum atomic E-state index is 0.115. The second kappa shape index (κ2) is 10.7. The average molecular weight is 464 g/mol. The van der Waals surface area contributed by atoms with E-state index in [4.69, 9.17) is 9.72 Å². The molecule has 180 valence electrons. The van der Waals surface area contributed by atoms with Crippen LogP contribution in [-0.4, -0.2) is 44.6 Å². The van der Waals surface area contributed by atoms with Crippen LogP contribution >= 0.6 is 0 Å². The van der Waals surface area contributed by atoms with Crippen molar-refractivity contribution in [2.75, 3.05) is 18.9 Å². The fourth-order valence-electron chi connectivity index (χ4n) is 4.13. The molecule has 0 radical (unpaired) electrons. The van der Waals surface area contributed by atoms with E-state index < -0.39 is 0 Å². The van der Waals surface area contributed by atoms with Crippen LogP contribution in [0.15, 0.2) is 17.8 Å². The summed E-state index contributed by atoms with van der Waals surface area (Å²) < 4.78 is 6.23. The van der Waals surface area contributed by atoms with Gasteiger partial charge >= 0.3 is 0 Å². The first-order valence-electron chi connectivity index (χ1n) is 12.0. The van der Waals surface area contributed by atoms with Crippen molar-refractivity contribution in [2.45, 2.75) is 71.3 Å². The van der Waals surface area contributed by atoms with Crippen molar-refractivity contribution in [1.82, 2.24) is 35.9 Å². The highest BCUT2D eigenvalue weighted by molar-refractivity contribution is 5.66. The van der Waals surface area contributed by atoms with Crippen LogP contribution in [0.4, 0.5) is 5.95 Å². The van der Waals surface area contributed by atoms with Crippen molar-refractivity contribution in [3.05, 3.63) is 40.9 Å². The summed E-state index contributed by atoms with van der Waals surface area (Å²) in [5, 5.41) is 14.4. The number of nitriles is 1. The van der Waals surface area contributed by atoms with Gasteiger partial charge in [-0.3, -0.25) is 10.4 Å². The molecule has 0 spiro atoms. The molecule has 1 fully saturated rings. The Morgan fingerprint density at radius 1 is 1.21 bits per heavy atom. The zero-order valence-corrected chi connectivity index (χ0v) is 20.4. The maximum absolute atomic E-state index is 9.32. The number of hydrogen-bond acceptors (Lipinski definition) is 10. The van der Waals surface area contributed by atoms with E-state index in [0.717, 1.165) is 47.8 Å². The second-order valence-electron chi connectivity index (χ2n) is 8.89. The first kappa shape index (κ1) is 23.7. The van der Waals surface area contributed by atoms with Gasteiger partial charge in [-0.15, -0.1) is 5.53 Å². The monoisotopic (exact) mass is 463 g/mol. The normalized spacial score (nSPS) is 17.3. The first-order chi connectivity index (χ1) is 16.5. The number of aromatic nitrogens is 4. The highest BCUT2D eigenvalue weighted by Crippen LogP contribution is 2.27. The Kier molecular flexibility index (Phi) is 7.43. The Labute approximate surface area is 200 Å². The molecule has 3 N–H and O–H groups in total. The molecule has 3 heterocycles. The van der Waals surface area contributed by atoms with Gasteiger partial charge in [-0.1, -0.05) is 20.3 Å². The van der Waals surface area contributed by atoms with Gasteiger partial charge in [0.2, 0.25) is 11.8 Å². The standard InChI is InChI=1S/C24H33N9O/c1-5-15(2)23-28-21(13-25)29-24(30-23)26-14-19-22(31-32-33(19)4)18-11-12-20(16(3)27-18)34-17-9-7-6-8-10-17/h11-12,15,17,31-32H,5-10,14H2,1-4H3,(H,26,28,29,30). The van der Waals surface area contributed by atoms with Crippen molar-refractivity contribution in [1.29, 1.82) is 5.26 Å². The van der Waals surface area contributed by atoms with Crippen LogP contribution in [0.1, 0.15) is 81.3 Å². The van der Waals surface area contributed by atoms with Crippen LogP contribution in [-0.2, 0) is 0 Å². The molecule has 4 rings (SSSR count). The van der Waals surface area contributed by atoms with Crippen LogP contribution in [0.25, 0.3) is 5.70 Å². The number of ether oxygens (including phenoxy) is 1.